The van der Waals surface area contributed by atoms with Gasteiger partial charge in [0.15, 0.2) is 12.3 Å². The van der Waals surface area contributed by atoms with E-state index < -0.39 is 16.1 Å². The van der Waals surface area contributed by atoms with Gasteiger partial charge in [-0.3, -0.25) is 9.35 Å². The number of hydrogen-bond acceptors (Lipinski definition) is 3. The number of carbonyl (C=O) groups is 1. The number of aliphatic carboxylic acids is 1. The molecule has 1 heterocycles. The maximum atomic E-state index is 11.5. The Morgan fingerprint density at radius 2 is 1.67 bits per heavy atom. The normalized spacial score (nSPS) is 15.7. The summed E-state index contributed by atoms with van der Waals surface area (Å²) in [6.45, 7) is 6.63. The van der Waals surface area contributed by atoms with Gasteiger partial charge >= 0.3 is 5.97 Å². The molecule has 1 aliphatic heterocycles. The second-order valence-corrected chi connectivity index (χ2v) is 8.76. The standard InChI is InChI=1S/C20H21NO5S/c1-13-20(2,3)17-11-16(27(24,25)26)8-9-18(17)21(13)12-15-6-4-14(5-7-15)10-19(22)23/h4-9,11H,10,12H2,1-3H3,(H-,22,23,24,25,26)/p+1. The molecule has 0 saturated carbocycles. The largest absolute Gasteiger partial charge is 0.481 e. The summed E-state index contributed by atoms with van der Waals surface area (Å²) in [6, 6.07) is 12.1. The molecule has 2 aromatic carbocycles. The molecule has 1 aliphatic rings. The molecule has 7 heteroatoms. The Morgan fingerprint density at radius 1 is 1.07 bits per heavy atom. The smallest absolute Gasteiger partial charge is 0.307 e. The zero-order chi connectivity index (χ0) is 20.0. The van der Waals surface area contributed by atoms with E-state index in [1.165, 1.54) is 12.1 Å². The second-order valence-electron chi connectivity index (χ2n) is 7.34. The number of hydrogen-bond donors (Lipinski definition) is 2. The van der Waals surface area contributed by atoms with Crippen LogP contribution < -0.4 is 0 Å². The molecular weight excluding hydrogens is 366 g/mol. The van der Waals surface area contributed by atoms with Gasteiger partial charge in [0, 0.05) is 24.1 Å². The van der Waals surface area contributed by atoms with Crippen LogP contribution in [0.2, 0.25) is 0 Å². The fraction of sp³-hybridized carbons (Fsp3) is 0.300. The van der Waals surface area contributed by atoms with Gasteiger partial charge < -0.3 is 5.11 Å². The summed E-state index contributed by atoms with van der Waals surface area (Å²) in [7, 11) is -4.26. The lowest BCUT2D eigenvalue weighted by atomic mass is 9.82. The topological polar surface area (TPSA) is 94.7 Å². The van der Waals surface area contributed by atoms with Crippen LogP contribution in [0.1, 0.15) is 37.5 Å². The Balaban J connectivity index is 1.97. The van der Waals surface area contributed by atoms with Crippen molar-refractivity contribution in [1.29, 1.82) is 0 Å². The lowest BCUT2D eigenvalue weighted by Gasteiger charge is -2.15. The van der Waals surface area contributed by atoms with Crippen LogP contribution >= 0.6 is 0 Å². The Morgan fingerprint density at radius 3 is 2.22 bits per heavy atom. The summed E-state index contributed by atoms with van der Waals surface area (Å²) < 4.78 is 34.5. The molecule has 27 heavy (non-hydrogen) atoms. The van der Waals surface area contributed by atoms with E-state index in [-0.39, 0.29) is 16.7 Å². The van der Waals surface area contributed by atoms with Gasteiger partial charge in [0.25, 0.3) is 10.1 Å². The predicted molar refractivity (Wildman–Crippen MR) is 101 cm³/mol. The van der Waals surface area contributed by atoms with Crippen LogP contribution in [0.25, 0.3) is 0 Å². The highest BCUT2D eigenvalue weighted by atomic mass is 32.2. The highest BCUT2D eigenvalue weighted by molar-refractivity contribution is 7.85. The molecule has 0 atom stereocenters. The van der Waals surface area contributed by atoms with Crippen molar-refractivity contribution in [2.75, 3.05) is 0 Å². The predicted octanol–water partition coefficient (Wildman–Crippen LogP) is 3.16. The third-order valence-electron chi connectivity index (χ3n) is 5.26. The third kappa shape index (κ3) is 3.65. The zero-order valence-corrected chi connectivity index (χ0v) is 16.2. The van der Waals surface area contributed by atoms with Crippen molar-refractivity contribution < 1.29 is 27.4 Å². The summed E-state index contributed by atoms with van der Waals surface area (Å²) >= 11 is 0. The first-order valence-electron chi connectivity index (χ1n) is 8.53. The minimum Gasteiger partial charge on any atom is -0.481 e. The highest BCUT2D eigenvalue weighted by Crippen LogP contribution is 2.41. The number of carboxylic acid groups (broad SMARTS) is 1. The van der Waals surface area contributed by atoms with E-state index >= 15 is 0 Å². The van der Waals surface area contributed by atoms with Gasteiger partial charge in [-0.1, -0.05) is 24.3 Å². The maximum Gasteiger partial charge on any atom is 0.307 e. The molecule has 0 radical (unpaired) electrons. The monoisotopic (exact) mass is 388 g/mol. The first-order chi connectivity index (χ1) is 12.5. The van der Waals surface area contributed by atoms with Crippen molar-refractivity contribution in [2.45, 2.75) is 44.0 Å². The van der Waals surface area contributed by atoms with Crippen LogP contribution in [0.15, 0.2) is 47.4 Å². The van der Waals surface area contributed by atoms with E-state index in [1.807, 2.05) is 45.0 Å². The average Bonchev–Trinajstić information content (AvgIpc) is 2.76. The number of rotatable bonds is 5. The molecular formula is C20H22NO5S+. The molecule has 0 aromatic heterocycles. The van der Waals surface area contributed by atoms with E-state index in [4.69, 9.17) is 5.11 Å². The number of fused-ring (bicyclic) bond motifs is 1. The van der Waals surface area contributed by atoms with Gasteiger partial charge in [-0.25, -0.2) is 0 Å². The third-order valence-corrected chi connectivity index (χ3v) is 6.11. The zero-order valence-electron chi connectivity index (χ0n) is 15.4. The van der Waals surface area contributed by atoms with Crippen molar-refractivity contribution in [1.82, 2.24) is 0 Å². The summed E-state index contributed by atoms with van der Waals surface area (Å²) in [5.74, 6) is -0.864. The van der Waals surface area contributed by atoms with Crippen molar-refractivity contribution in [2.24, 2.45) is 0 Å². The summed E-state index contributed by atoms with van der Waals surface area (Å²) in [6.07, 6.45) is -0.0105. The molecule has 0 saturated heterocycles. The van der Waals surface area contributed by atoms with Crippen molar-refractivity contribution in [3.8, 4) is 0 Å². The minimum atomic E-state index is -4.26. The first-order valence-corrected chi connectivity index (χ1v) is 9.97. The molecule has 2 N–H and O–H groups in total. The van der Waals surface area contributed by atoms with Gasteiger partial charge in [-0.2, -0.15) is 13.0 Å². The molecule has 6 nitrogen and oxygen atoms in total. The van der Waals surface area contributed by atoms with Crippen LogP contribution in [0.4, 0.5) is 5.69 Å². The number of carboxylic acids is 1. The van der Waals surface area contributed by atoms with E-state index in [9.17, 15) is 17.8 Å². The van der Waals surface area contributed by atoms with E-state index in [1.54, 1.807) is 6.07 Å². The molecule has 0 amide bonds. The fourth-order valence-corrected chi connectivity index (χ4v) is 3.95. The molecule has 0 aliphatic carbocycles. The Bertz CT molecular complexity index is 1050. The summed E-state index contributed by atoms with van der Waals surface area (Å²) in [5.41, 5.74) is 4.20. The lowest BCUT2D eigenvalue weighted by Crippen LogP contribution is -2.26. The van der Waals surface area contributed by atoms with Crippen LogP contribution in [0, 0.1) is 0 Å². The second kappa shape index (κ2) is 6.58. The van der Waals surface area contributed by atoms with E-state index in [0.717, 1.165) is 28.1 Å². The van der Waals surface area contributed by atoms with Crippen molar-refractivity contribution >= 4 is 27.5 Å². The SMILES string of the molecule is CC1=[N+](Cc2ccc(CC(=O)O)cc2)c2ccc(S(=O)(=O)O)cc2C1(C)C. The Kier molecular flexibility index (Phi) is 4.69. The van der Waals surface area contributed by atoms with Gasteiger partial charge in [0.2, 0.25) is 5.69 Å². The van der Waals surface area contributed by atoms with E-state index in [2.05, 4.69) is 4.58 Å². The minimum absolute atomic E-state index is 0.0105. The molecule has 0 unspecified atom stereocenters. The first kappa shape index (κ1) is 19.3. The molecule has 0 spiro atoms. The quantitative estimate of drug-likeness (QED) is 0.606. The molecule has 2 aromatic rings. The van der Waals surface area contributed by atoms with Gasteiger partial charge in [-0.15, -0.1) is 0 Å². The van der Waals surface area contributed by atoms with Crippen LogP contribution in [0.3, 0.4) is 0 Å². The highest BCUT2D eigenvalue weighted by Gasteiger charge is 2.43. The lowest BCUT2D eigenvalue weighted by molar-refractivity contribution is -0.456. The summed E-state index contributed by atoms with van der Waals surface area (Å²) in [4.78, 5) is 10.7. The molecule has 0 bridgehead atoms. The summed E-state index contributed by atoms with van der Waals surface area (Å²) in [5, 5.41) is 8.88. The van der Waals surface area contributed by atoms with Crippen LogP contribution in [-0.2, 0) is 33.3 Å². The fourth-order valence-electron chi connectivity index (χ4n) is 3.45. The Labute approximate surface area is 158 Å². The molecule has 0 fully saturated rings. The maximum absolute atomic E-state index is 11.5. The number of nitrogens with zero attached hydrogens (tertiary/aromatic N) is 1. The molecule has 142 valence electrons. The van der Waals surface area contributed by atoms with Crippen LogP contribution in [0.5, 0.6) is 0 Å². The van der Waals surface area contributed by atoms with Crippen molar-refractivity contribution in [3.05, 3.63) is 59.2 Å². The van der Waals surface area contributed by atoms with E-state index in [0.29, 0.717) is 6.54 Å². The van der Waals surface area contributed by atoms with Crippen molar-refractivity contribution in [3.63, 3.8) is 0 Å². The Hall–Kier alpha value is -2.51. The van der Waals surface area contributed by atoms with Gasteiger partial charge in [0.1, 0.15) is 0 Å². The van der Waals surface area contributed by atoms with Crippen LogP contribution in [-0.4, -0.2) is 34.3 Å². The molecule has 3 rings (SSSR count). The average molecular weight is 388 g/mol. The van der Waals surface area contributed by atoms with Gasteiger partial charge in [0.05, 0.1) is 16.7 Å². The van der Waals surface area contributed by atoms with Gasteiger partial charge in [-0.05, 0) is 31.5 Å². The number of benzene rings is 2.